The summed E-state index contributed by atoms with van der Waals surface area (Å²) in [6, 6.07) is 1.26. The van der Waals surface area contributed by atoms with Crippen LogP contribution in [0.3, 0.4) is 0 Å². The van der Waals surface area contributed by atoms with Gasteiger partial charge in [0.05, 0.1) is 16.6 Å². The highest BCUT2D eigenvalue weighted by molar-refractivity contribution is 5.98. The number of hydrogen-bond acceptors (Lipinski definition) is 5. The highest BCUT2D eigenvalue weighted by atomic mass is 19.2. The minimum absolute atomic E-state index is 0.315. The smallest absolute Gasteiger partial charge is 0.273 e. The summed E-state index contributed by atoms with van der Waals surface area (Å²) < 4.78 is 26.6. The molecule has 0 saturated carbocycles. The summed E-state index contributed by atoms with van der Waals surface area (Å²) in [6.07, 6.45) is 0. The Bertz CT molecular complexity index is 489. The molecule has 9 heteroatoms. The monoisotopic (exact) mass is 245 g/mol. The normalized spacial score (nSPS) is 11.4. The Morgan fingerprint density at radius 3 is 2.53 bits per heavy atom. The van der Waals surface area contributed by atoms with Crippen molar-refractivity contribution in [3.05, 3.63) is 39.4 Å². The van der Waals surface area contributed by atoms with E-state index in [2.05, 4.69) is 5.10 Å². The first-order valence-corrected chi connectivity index (χ1v) is 4.28. The molecule has 0 aliphatic heterocycles. The van der Waals surface area contributed by atoms with E-state index in [1.807, 2.05) is 0 Å². The summed E-state index contributed by atoms with van der Waals surface area (Å²) in [4.78, 5) is 9.63. The van der Waals surface area contributed by atoms with Crippen LogP contribution in [0.2, 0.25) is 0 Å². The quantitative estimate of drug-likeness (QED) is 0.256. The van der Waals surface area contributed by atoms with Gasteiger partial charge in [0.2, 0.25) is 0 Å². The van der Waals surface area contributed by atoms with Gasteiger partial charge in [0, 0.05) is 13.1 Å². The summed E-state index contributed by atoms with van der Waals surface area (Å²) in [5, 5.41) is 14.5. The maximum absolute atomic E-state index is 13.4. The summed E-state index contributed by atoms with van der Waals surface area (Å²) >= 11 is 0. The van der Waals surface area contributed by atoms with Crippen molar-refractivity contribution in [3.63, 3.8) is 0 Å². The topological polar surface area (TPSA) is 111 Å². The van der Waals surface area contributed by atoms with Gasteiger partial charge in [-0.3, -0.25) is 15.1 Å². The van der Waals surface area contributed by atoms with Crippen molar-refractivity contribution < 1.29 is 13.7 Å². The van der Waals surface area contributed by atoms with E-state index in [-0.39, 0.29) is 5.84 Å². The van der Waals surface area contributed by atoms with Crippen molar-refractivity contribution in [2.45, 2.75) is 0 Å². The lowest BCUT2D eigenvalue weighted by Crippen LogP contribution is -2.35. The van der Waals surface area contributed by atoms with Gasteiger partial charge in [-0.2, -0.15) is 5.10 Å². The Balaban J connectivity index is 3.47. The number of benzene rings is 1. The molecule has 0 atom stereocenters. The molecule has 0 unspecified atom stereocenters. The Labute approximate surface area is 94.4 Å². The van der Waals surface area contributed by atoms with Crippen molar-refractivity contribution >= 4 is 11.5 Å². The van der Waals surface area contributed by atoms with Gasteiger partial charge in [-0.05, 0) is 0 Å². The molecule has 1 aromatic carbocycles. The van der Waals surface area contributed by atoms with Gasteiger partial charge in [-0.25, -0.2) is 14.6 Å². The second kappa shape index (κ2) is 4.70. The van der Waals surface area contributed by atoms with Crippen molar-refractivity contribution in [3.8, 4) is 0 Å². The van der Waals surface area contributed by atoms with E-state index >= 15 is 0 Å². The number of halogens is 2. The van der Waals surface area contributed by atoms with Crippen molar-refractivity contribution in [1.82, 2.24) is 5.01 Å². The summed E-state index contributed by atoms with van der Waals surface area (Å²) in [6.45, 7) is 0. The first-order valence-electron chi connectivity index (χ1n) is 4.28. The van der Waals surface area contributed by atoms with Gasteiger partial charge in [-0.1, -0.05) is 0 Å². The third kappa shape index (κ3) is 2.45. The van der Waals surface area contributed by atoms with Gasteiger partial charge in [-0.15, -0.1) is 0 Å². The molecule has 0 aliphatic rings. The molecule has 0 radical (unpaired) electrons. The number of rotatable bonds is 2. The lowest BCUT2D eigenvalue weighted by atomic mass is 10.1. The first kappa shape index (κ1) is 12.8. The van der Waals surface area contributed by atoms with Crippen LogP contribution in [0.25, 0.3) is 0 Å². The molecule has 0 fully saturated rings. The molecule has 1 aromatic rings. The lowest BCUT2D eigenvalue weighted by molar-refractivity contribution is -0.385. The number of nitrogens with zero attached hydrogens (tertiary/aromatic N) is 3. The van der Waals surface area contributed by atoms with Crippen LogP contribution >= 0.6 is 0 Å². The van der Waals surface area contributed by atoms with E-state index in [0.717, 1.165) is 11.1 Å². The number of nitro groups is 1. The number of hydrogen-bond donors (Lipinski definition) is 2. The van der Waals surface area contributed by atoms with Crippen LogP contribution < -0.4 is 11.7 Å². The highest BCUT2D eigenvalue weighted by Gasteiger charge is 2.21. The van der Waals surface area contributed by atoms with Crippen LogP contribution in [0.15, 0.2) is 17.2 Å². The van der Waals surface area contributed by atoms with E-state index in [4.69, 9.17) is 11.7 Å². The molecule has 0 bridgehead atoms. The summed E-state index contributed by atoms with van der Waals surface area (Å²) in [7, 11) is 1.28. The second-order valence-corrected chi connectivity index (χ2v) is 3.11. The Kier molecular flexibility index (Phi) is 3.53. The highest BCUT2D eigenvalue weighted by Crippen LogP contribution is 2.21. The Morgan fingerprint density at radius 2 is 2.12 bits per heavy atom. The molecule has 17 heavy (non-hydrogen) atoms. The molecule has 7 nitrogen and oxygen atoms in total. The molecule has 0 saturated heterocycles. The number of non-ortho nitro benzene ring substituents is 1. The van der Waals surface area contributed by atoms with Crippen molar-refractivity contribution in [2.24, 2.45) is 16.8 Å². The van der Waals surface area contributed by atoms with E-state index < -0.39 is 27.8 Å². The fourth-order valence-corrected chi connectivity index (χ4v) is 1.19. The van der Waals surface area contributed by atoms with Crippen molar-refractivity contribution in [2.75, 3.05) is 7.05 Å². The predicted molar refractivity (Wildman–Crippen MR) is 55.7 cm³/mol. The van der Waals surface area contributed by atoms with E-state index in [1.54, 1.807) is 0 Å². The third-order valence-corrected chi connectivity index (χ3v) is 1.92. The molecule has 0 amide bonds. The van der Waals surface area contributed by atoms with Gasteiger partial charge in [0.1, 0.15) is 0 Å². The molecule has 0 heterocycles. The molecule has 0 aromatic heterocycles. The van der Waals surface area contributed by atoms with Gasteiger partial charge >= 0.3 is 0 Å². The van der Waals surface area contributed by atoms with Gasteiger partial charge in [0.25, 0.3) is 5.69 Å². The van der Waals surface area contributed by atoms with Crippen LogP contribution in [-0.4, -0.2) is 22.8 Å². The van der Waals surface area contributed by atoms with E-state index in [9.17, 15) is 18.9 Å². The molecule has 0 aliphatic carbocycles. The maximum Gasteiger partial charge on any atom is 0.273 e. The molecular weight excluding hydrogens is 236 g/mol. The first-order chi connectivity index (χ1) is 7.88. The minimum Gasteiger partial charge on any atom is -0.321 e. The third-order valence-electron chi connectivity index (χ3n) is 1.92. The van der Waals surface area contributed by atoms with Crippen LogP contribution in [0.1, 0.15) is 5.56 Å². The zero-order valence-electron chi connectivity index (χ0n) is 8.72. The fraction of sp³-hybridized carbons (Fsp3) is 0.125. The van der Waals surface area contributed by atoms with Crippen LogP contribution in [0.5, 0.6) is 0 Å². The van der Waals surface area contributed by atoms with E-state index in [0.29, 0.717) is 6.07 Å². The van der Waals surface area contributed by atoms with Gasteiger partial charge < -0.3 is 5.84 Å². The van der Waals surface area contributed by atoms with Crippen LogP contribution in [0, 0.1) is 21.7 Å². The Morgan fingerprint density at radius 1 is 1.53 bits per heavy atom. The van der Waals surface area contributed by atoms with E-state index in [1.165, 1.54) is 7.05 Å². The minimum atomic E-state index is -1.38. The van der Waals surface area contributed by atoms with Crippen molar-refractivity contribution in [1.29, 1.82) is 0 Å². The van der Waals surface area contributed by atoms with Crippen LogP contribution in [-0.2, 0) is 0 Å². The largest absolute Gasteiger partial charge is 0.321 e. The summed E-state index contributed by atoms with van der Waals surface area (Å²) in [5.74, 6) is 7.25. The number of nitrogens with two attached hydrogens (primary N) is 2. The standard InChI is InChI=1S/C8H9F2N5O2/c1-14(12)8(13-11)5-2-4(15(16)17)3-6(9)7(5)10/h2-3H,11-12H2,1H3/b13-8-. The average Bonchev–Trinajstić information content (AvgIpc) is 2.24. The molecule has 4 N–H and O–H groups in total. The molecule has 1 rings (SSSR count). The zero-order valence-corrected chi connectivity index (χ0v) is 8.72. The number of hydrazone groups is 1. The average molecular weight is 245 g/mol. The number of hydrazine groups is 1. The Hall–Kier alpha value is -2.29. The number of amidine groups is 1. The number of nitro benzene ring substituents is 1. The maximum atomic E-state index is 13.4. The molecule has 0 spiro atoms. The lowest BCUT2D eigenvalue weighted by Gasteiger charge is -2.14. The molecular formula is C8H9F2N5O2. The predicted octanol–water partition coefficient (Wildman–Crippen LogP) is 0.299. The second-order valence-electron chi connectivity index (χ2n) is 3.11. The van der Waals surface area contributed by atoms with Gasteiger partial charge in [0.15, 0.2) is 17.5 Å². The molecule has 92 valence electrons. The summed E-state index contributed by atoms with van der Waals surface area (Å²) in [5.41, 5.74) is -1.11. The zero-order chi connectivity index (χ0) is 13.2. The van der Waals surface area contributed by atoms with Crippen LogP contribution in [0.4, 0.5) is 14.5 Å². The fourth-order valence-electron chi connectivity index (χ4n) is 1.19. The SMILES string of the molecule is CN(N)/C(=N\N)c1cc([N+](=O)[O-])cc(F)c1F.